The van der Waals surface area contributed by atoms with Crippen molar-refractivity contribution in [2.75, 3.05) is 46.2 Å². The molecule has 0 heterocycles. The first-order valence-electron chi connectivity index (χ1n) is 5.41. The highest BCUT2D eigenvalue weighted by Crippen LogP contribution is 1.87. The van der Waals surface area contributed by atoms with Crippen molar-refractivity contribution in [1.82, 2.24) is 0 Å². The van der Waals surface area contributed by atoms with Gasteiger partial charge in [0.25, 0.3) is 0 Å². The summed E-state index contributed by atoms with van der Waals surface area (Å²) in [5.41, 5.74) is 0. The first-order chi connectivity index (χ1) is 7.27. The van der Waals surface area contributed by atoms with Crippen LogP contribution in [0.1, 0.15) is 13.8 Å². The smallest absolute Gasteiger partial charge is 0.0703 e. The Bertz CT molecular complexity index is 117. The molecular weight excluding hydrogens is 196 g/mol. The van der Waals surface area contributed by atoms with Crippen LogP contribution in [0.3, 0.4) is 0 Å². The van der Waals surface area contributed by atoms with E-state index in [1.54, 1.807) is 0 Å². The van der Waals surface area contributed by atoms with E-state index >= 15 is 0 Å². The second-order valence-corrected chi connectivity index (χ2v) is 3.26. The average molecular weight is 219 g/mol. The Labute approximate surface area is 92.8 Å². The van der Waals surface area contributed by atoms with Crippen LogP contribution in [-0.4, -0.2) is 52.4 Å². The third-order valence-corrected chi connectivity index (χ3v) is 1.57. The standard InChI is InChI=1S/C11H23O4/c1-4-12-5-6-13-7-8-14-9-10-15-11(2)3/h11H,1,4-10H2,2-3H3. The van der Waals surface area contributed by atoms with Crippen LogP contribution >= 0.6 is 0 Å². The quantitative estimate of drug-likeness (QED) is 0.491. The molecule has 0 fully saturated rings. The van der Waals surface area contributed by atoms with E-state index in [0.29, 0.717) is 46.2 Å². The first-order valence-corrected chi connectivity index (χ1v) is 5.41. The Morgan fingerprint density at radius 1 is 0.800 bits per heavy atom. The minimum absolute atomic E-state index is 0.268. The number of rotatable bonds is 11. The summed E-state index contributed by atoms with van der Waals surface area (Å²) in [5, 5.41) is 0. The Morgan fingerprint density at radius 3 is 1.73 bits per heavy atom. The van der Waals surface area contributed by atoms with Gasteiger partial charge in [-0.1, -0.05) is 0 Å². The molecule has 0 bridgehead atoms. The Hall–Kier alpha value is -0.160. The van der Waals surface area contributed by atoms with Crippen LogP contribution in [0.4, 0.5) is 0 Å². The van der Waals surface area contributed by atoms with Gasteiger partial charge < -0.3 is 18.9 Å². The van der Waals surface area contributed by atoms with Gasteiger partial charge in [0.2, 0.25) is 0 Å². The summed E-state index contributed by atoms with van der Waals surface area (Å²) in [6, 6.07) is 0. The predicted molar refractivity (Wildman–Crippen MR) is 58.9 cm³/mol. The molecule has 1 radical (unpaired) electrons. The van der Waals surface area contributed by atoms with Crippen LogP contribution in [0.5, 0.6) is 0 Å². The highest BCUT2D eigenvalue weighted by molar-refractivity contribution is 4.38. The highest BCUT2D eigenvalue weighted by atomic mass is 16.6. The van der Waals surface area contributed by atoms with Gasteiger partial charge in [0.1, 0.15) is 0 Å². The fourth-order valence-electron chi connectivity index (χ4n) is 0.885. The summed E-state index contributed by atoms with van der Waals surface area (Å²) in [4.78, 5) is 0. The molecule has 0 aromatic rings. The largest absolute Gasteiger partial charge is 0.379 e. The van der Waals surface area contributed by atoms with Crippen molar-refractivity contribution in [3.63, 3.8) is 0 Å². The van der Waals surface area contributed by atoms with E-state index in [1.807, 2.05) is 13.8 Å². The van der Waals surface area contributed by atoms with Gasteiger partial charge in [0.15, 0.2) is 0 Å². The fourth-order valence-corrected chi connectivity index (χ4v) is 0.885. The fraction of sp³-hybridized carbons (Fsp3) is 0.909. The van der Waals surface area contributed by atoms with Gasteiger partial charge >= 0.3 is 0 Å². The summed E-state index contributed by atoms with van der Waals surface area (Å²) in [5.74, 6) is 0. The lowest BCUT2D eigenvalue weighted by Gasteiger charge is -2.08. The molecule has 0 rings (SSSR count). The molecule has 15 heavy (non-hydrogen) atoms. The van der Waals surface area contributed by atoms with Crippen molar-refractivity contribution in [2.24, 2.45) is 0 Å². The summed E-state index contributed by atoms with van der Waals surface area (Å²) >= 11 is 0. The minimum Gasteiger partial charge on any atom is -0.379 e. The maximum absolute atomic E-state index is 5.31. The van der Waals surface area contributed by atoms with Crippen molar-refractivity contribution in [3.8, 4) is 0 Å². The molecular formula is C11H23O4. The zero-order valence-corrected chi connectivity index (χ0v) is 9.87. The maximum Gasteiger partial charge on any atom is 0.0703 e. The molecule has 0 N–H and O–H groups in total. The van der Waals surface area contributed by atoms with Gasteiger partial charge in [-0.25, -0.2) is 0 Å². The second-order valence-electron chi connectivity index (χ2n) is 3.26. The van der Waals surface area contributed by atoms with E-state index in [4.69, 9.17) is 18.9 Å². The summed E-state index contributed by atoms with van der Waals surface area (Å²) in [6.07, 6.45) is 0.268. The van der Waals surface area contributed by atoms with E-state index in [-0.39, 0.29) is 6.10 Å². The average Bonchev–Trinajstić information content (AvgIpc) is 2.20. The number of hydrogen-bond donors (Lipinski definition) is 0. The van der Waals surface area contributed by atoms with Gasteiger partial charge in [0.05, 0.1) is 45.7 Å². The van der Waals surface area contributed by atoms with Crippen molar-refractivity contribution in [3.05, 3.63) is 6.92 Å². The third kappa shape index (κ3) is 13.8. The lowest BCUT2D eigenvalue weighted by Crippen LogP contribution is -2.13. The zero-order chi connectivity index (χ0) is 11.4. The molecule has 0 saturated carbocycles. The molecule has 0 spiro atoms. The van der Waals surface area contributed by atoms with E-state index in [2.05, 4.69) is 6.92 Å². The molecule has 0 atom stereocenters. The molecule has 0 amide bonds. The van der Waals surface area contributed by atoms with Crippen LogP contribution in [0, 0.1) is 6.92 Å². The van der Waals surface area contributed by atoms with E-state index in [1.165, 1.54) is 0 Å². The Balaban J connectivity index is 2.87. The monoisotopic (exact) mass is 219 g/mol. The third-order valence-electron chi connectivity index (χ3n) is 1.57. The van der Waals surface area contributed by atoms with Crippen molar-refractivity contribution in [2.45, 2.75) is 20.0 Å². The molecule has 4 nitrogen and oxygen atoms in total. The maximum atomic E-state index is 5.31. The van der Waals surface area contributed by atoms with Crippen molar-refractivity contribution in [1.29, 1.82) is 0 Å². The lowest BCUT2D eigenvalue weighted by atomic mass is 10.5. The Kier molecular flexibility index (Phi) is 11.8. The number of ether oxygens (including phenoxy) is 4. The SMILES string of the molecule is [CH2]COCCOCCOCCOC(C)C. The highest BCUT2D eigenvalue weighted by Gasteiger charge is 1.93. The Morgan fingerprint density at radius 2 is 1.27 bits per heavy atom. The summed E-state index contributed by atoms with van der Waals surface area (Å²) in [7, 11) is 0. The second kappa shape index (κ2) is 11.9. The molecule has 0 aliphatic carbocycles. The van der Waals surface area contributed by atoms with Crippen molar-refractivity contribution < 1.29 is 18.9 Å². The molecule has 0 aliphatic rings. The van der Waals surface area contributed by atoms with Gasteiger partial charge in [0, 0.05) is 6.61 Å². The van der Waals surface area contributed by atoms with E-state index in [9.17, 15) is 0 Å². The molecule has 0 saturated heterocycles. The molecule has 0 aromatic carbocycles. The van der Waals surface area contributed by atoms with Gasteiger partial charge in [-0.3, -0.25) is 0 Å². The van der Waals surface area contributed by atoms with Crippen LogP contribution in [-0.2, 0) is 18.9 Å². The summed E-state index contributed by atoms with van der Waals surface area (Å²) in [6.45, 7) is 11.7. The van der Waals surface area contributed by atoms with Gasteiger partial charge in [-0.2, -0.15) is 0 Å². The molecule has 91 valence electrons. The molecule has 4 heteroatoms. The van der Waals surface area contributed by atoms with Crippen LogP contribution in [0.25, 0.3) is 0 Å². The van der Waals surface area contributed by atoms with Crippen LogP contribution in [0.2, 0.25) is 0 Å². The van der Waals surface area contributed by atoms with Crippen molar-refractivity contribution >= 4 is 0 Å². The van der Waals surface area contributed by atoms with E-state index < -0.39 is 0 Å². The lowest BCUT2D eigenvalue weighted by molar-refractivity contribution is -0.0100. The topological polar surface area (TPSA) is 36.9 Å². The van der Waals surface area contributed by atoms with E-state index in [0.717, 1.165) is 0 Å². The minimum atomic E-state index is 0.268. The van der Waals surface area contributed by atoms with Gasteiger partial charge in [-0.15, -0.1) is 0 Å². The molecule has 0 unspecified atom stereocenters. The van der Waals surface area contributed by atoms with Crippen LogP contribution < -0.4 is 0 Å². The first kappa shape index (κ1) is 14.8. The predicted octanol–water partition coefficient (Wildman–Crippen LogP) is 1.30. The van der Waals surface area contributed by atoms with Gasteiger partial charge in [-0.05, 0) is 20.8 Å². The normalized spacial score (nSPS) is 11.2. The summed E-state index contributed by atoms with van der Waals surface area (Å²) < 4.78 is 20.8. The number of hydrogen-bond acceptors (Lipinski definition) is 4. The zero-order valence-electron chi connectivity index (χ0n) is 9.87. The molecule has 0 aromatic heterocycles. The van der Waals surface area contributed by atoms with Crippen LogP contribution in [0.15, 0.2) is 0 Å². The molecule has 0 aliphatic heterocycles.